The minimum atomic E-state index is -1.06. The molecule has 8 heteroatoms. The van der Waals surface area contributed by atoms with Gasteiger partial charge in [0.2, 0.25) is 11.8 Å². The lowest BCUT2D eigenvalue weighted by atomic mass is 9.66. The third-order valence-electron chi connectivity index (χ3n) is 7.56. The second-order valence-corrected chi connectivity index (χ2v) is 9.86. The monoisotopic (exact) mass is 476 g/mol. The van der Waals surface area contributed by atoms with E-state index in [2.05, 4.69) is 20.1 Å². The molecule has 190 valence electrons. The van der Waals surface area contributed by atoms with Crippen molar-refractivity contribution in [3.63, 3.8) is 0 Å². The number of aliphatic hydroxyl groups is 1. The van der Waals surface area contributed by atoms with Crippen LogP contribution in [0, 0.1) is 11.8 Å². The minimum Gasteiger partial charge on any atom is -0.465 e. The van der Waals surface area contributed by atoms with Gasteiger partial charge in [-0.1, -0.05) is 25.5 Å². The Hall–Kier alpha value is -2.19. The van der Waals surface area contributed by atoms with Crippen molar-refractivity contribution < 1.29 is 29.0 Å². The van der Waals surface area contributed by atoms with Crippen molar-refractivity contribution in [3.8, 4) is 0 Å². The molecule has 0 aromatic rings. The highest BCUT2D eigenvalue weighted by molar-refractivity contribution is 5.98. The van der Waals surface area contributed by atoms with Gasteiger partial charge in [-0.2, -0.15) is 0 Å². The maximum atomic E-state index is 13.9. The molecule has 1 spiro atoms. The zero-order chi connectivity index (χ0) is 24.9. The van der Waals surface area contributed by atoms with Crippen molar-refractivity contribution in [2.45, 2.75) is 76.0 Å². The third-order valence-corrected chi connectivity index (χ3v) is 7.56. The van der Waals surface area contributed by atoms with Gasteiger partial charge in [0.15, 0.2) is 0 Å². The summed E-state index contributed by atoms with van der Waals surface area (Å²) in [4.78, 5) is 44.2. The lowest BCUT2D eigenvalue weighted by Gasteiger charge is -2.36. The second kappa shape index (κ2) is 11.0. The molecule has 3 saturated heterocycles. The largest absolute Gasteiger partial charge is 0.465 e. The van der Waals surface area contributed by atoms with Crippen molar-refractivity contribution in [2.24, 2.45) is 11.8 Å². The average molecular weight is 477 g/mol. The van der Waals surface area contributed by atoms with E-state index in [4.69, 9.17) is 9.47 Å². The molecule has 8 nitrogen and oxygen atoms in total. The Morgan fingerprint density at radius 3 is 2.68 bits per heavy atom. The van der Waals surface area contributed by atoms with Crippen LogP contribution in [0.15, 0.2) is 25.3 Å². The molecule has 3 aliphatic heterocycles. The molecular weight excluding hydrogens is 436 g/mol. The van der Waals surface area contributed by atoms with Crippen molar-refractivity contribution in [1.82, 2.24) is 9.80 Å². The van der Waals surface area contributed by atoms with Crippen molar-refractivity contribution in [1.29, 1.82) is 0 Å². The van der Waals surface area contributed by atoms with E-state index in [0.29, 0.717) is 38.8 Å². The molecule has 3 heterocycles. The molecule has 3 fully saturated rings. The van der Waals surface area contributed by atoms with E-state index in [1.54, 1.807) is 22.0 Å². The number of unbranched alkanes of at least 4 members (excludes halogenated alkanes) is 2. The van der Waals surface area contributed by atoms with Gasteiger partial charge in [0.1, 0.15) is 17.6 Å². The Kier molecular flexibility index (Phi) is 8.57. The van der Waals surface area contributed by atoms with E-state index in [-0.39, 0.29) is 31.6 Å². The summed E-state index contributed by atoms with van der Waals surface area (Å²) >= 11 is 0. The molecule has 3 aliphatic rings. The number of esters is 1. The molecule has 5 atom stereocenters. The summed E-state index contributed by atoms with van der Waals surface area (Å²) in [7, 11) is 0. The molecule has 0 aromatic carbocycles. The fourth-order valence-corrected chi connectivity index (χ4v) is 6.00. The van der Waals surface area contributed by atoms with Gasteiger partial charge in [0, 0.05) is 26.2 Å². The SMILES string of the molecule is C=CCCCOC(=O)[C@@H]1[C@H]2C(=O)N(CCCO)C(C(=O)N(CC=C)CCCC)C23CC[C@@]1(C)O3. The Balaban J connectivity index is 1.95. The second-order valence-electron chi connectivity index (χ2n) is 9.86. The number of fused-ring (bicyclic) bond motifs is 1. The number of hydrogen-bond donors (Lipinski definition) is 1. The number of aliphatic hydroxyl groups excluding tert-OH is 1. The van der Waals surface area contributed by atoms with Gasteiger partial charge in [-0.05, 0) is 45.4 Å². The fraction of sp³-hybridized carbons (Fsp3) is 0.731. The molecule has 2 unspecified atom stereocenters. The van der Waals surface area contributed by atoms with Crippen molar-refractivity contribution in [2.75, 3.05) is 32.8 Å². The molecule has 0 aliphatic carbocycles. The predicted molar refractivity (Wildman–Crippen MR) is 128 cm³/mol. The van der Waals surface area contributed by atoms with Crippen LogP contribution in [-0.4, -0.2) is 82.8 Å². The van der Waals surface area contributed by atoms with Crippen LogP contribution in [-0.2, 0) is 23.9 Å². The predicted octanol–water partition coefficient (Wildman–Crippen LogP) is 2.46. The van der Waals surface area contributed by atoms with Gasteiger partial charge in [0.25, 0.3) is 0 Å². The first kappa shape index (κ1) is 26.4. The van der Waals surface area contributed by atoms with Crippen molar-refractivity contribution in [3.05, 3.63) is 25.3 Å². The van der Waals surface area contributed by atoms with Gasteiger partial charge < -0.3 is 24.4 Å². The number of allylic oxidation sites excluding steroid dienone is 1. The number of likely N-dealkylation sites (tertiary alicyclic amines) is 1. The third kappa shape index (κ3) is 4.54. The maximum absolute atomic E-state index is 13.9. The van der Waals surface area contributed by atoms with Crippen LogP contribution in [0.4, 0.5) is 0 Å². The van der Waals surface area contributed by atoms with Gasteiger partial charge in [-0.3, -0.25) is 14.4 Å². The van der Waals surface area contributed by atoms with Crippen LogP contribution in [0.1, 0.15) is 58.8 Å². The van der Waals surface area contributed by atoms with Crippen LogP contribution in [0.5, 0.6) is 0 Å². The first-order chi connectivity index (χ1) is 16.3. The smallest absolute Gasteiger partial charge is 0.312 e. The van der Waals surface area contributed by atoms with Crippen LogP contribution in [0.2, 0.25) is 0 Å². The normalized spacial score (nSPS) is 31.4. The van der Waals surface area contributed by atoms with E-state index >= 15 is 0 Å². The summed E-state index contributed by atoms with van der Waals surface area (Å²) < 4.78 is 12.1. The molecule has 34 heavy (non-hydrogen) atoms. The zero-order valence-electron chi connectivity index (χ0n) is 20.7. The van der Waals surface area contributed by atoms with E-state index in [0.717, 1.165) is 19.3 Å². The number of nitrogens with zero attached hydrogens (tertiary/aromatic N) is 2. The number of hydrogen-bond acceptors (Lipinski definition) is 6. The highest BCUT2D eigenvalue weighted by Gasteiger charge is 2.78. The standard InChI is InChI=1S/C26H40N2O6/c1-5-8-10-18-33-24(32)20-19-22(30)28(16-11-17-29)21(26(19)13-12-25(20,4)34-26)23(31)27(14-7-3)15-9-6-2/h5,7,19-21,29H,1,3,6,8-18H2,2,4H3/t19-,20-,21?,25+,26?/m0/s1. The summed E-state index contributed by atoms with van der Waals surface area (Å²) in [6.07, 6.45) is 8.10. The zero-order valence-corrected chi connectivity index (χ0v) is 20.7. The van der Waals surface area contributed by atoms with E-state index < -0.39 is 35.0 Å². The number of rotatable bonds is 14. The Labute approximate surface area is 202 Å². The number of ether oxygens (including phenoxy) is 2. The number of carbonyl (C=O) groups excluding carboxylic acids is 3. The highest BCUT2D eigenvalue weighted by Crippen LogP contribution is 2.63. The average Bonchev–Trinajstić information content (AvgIpc) is 3.38. The molecular formula is C26H40N2O6. The first-order valence-corrected chi connectivity index (χ1v) is 12.6. The van der Waals surface area contributed by atoms with Crippen LogP contribution >= 0.6 is 0 Å². The molecule has 2 bridgehead atoms. The minimum absolute atomic E-state index is 0.0953. The first-order valence-electron chi connectivity index (χ1n) is 12.6. The molecule has 0 radical (unpaired) electrons. The van der Waals surface area contributed by atoms with Gasteiger partial charge in [0.05, 0.1) is 18.1 Å². The van der Waals surface area contributed by atoms with E-state index in [1.807, 2.05) is 6.92 Å². The maximum Gasteiger partial charge on any atom is 0.312 e. The summed E-state index contributed by atoms with van der Waals surface area (Å²) in [6, 6.07) is -0.825. The van der Waals surface area contributed by atoms with E-state index in [9.17, 15) is 19.5 Å². The number of carbonyl (C=O) groups is 3. The van der Waals surface area contributed by atoms with Crippen LogP contribution in [0.3, 0.4) is 0 Å². The Morgan fingerprint density at radius 1 is 1.26 bits per heavy atom. The Bertz CT molecular complexity index is 800. The highest BCUT2D eigenvalue weighted by atomic mass is 16.6. The Morgan fingerprint density at radius 2 is 2.03 bits per heavy atom. The van der Waals surface area contributed by atoms with Gasteiger partial charge >= 0.3 is 5.97 Å². The summed E-state index contributed by atoms with van der Waals surface area (Å²) in [5.74, 6) is -2.38. The van der Waals surface area contributed by atoms with E-state index in [1.165, 1.54) is 0 Å². The summed E-state index contributed by atoms with van der Waals surface area (Å²) in [6.45, 7) is 12.7. The molecule has 2 amide bonds. The number of amides is 2. The van der Waals surface area contributed by atoms with Gasteiger partial charge in [-0.25, -0.2) is 0 Å². The van der Waals surface area contributed by atoms with Gasteiger partial charge in [-0.15, -0.1) is 13.2 Å². The molecule has 0 aromatic heterocycles. The molecule has 3 rings (SSSR count). The van der Waals surface area contributed by atoms with Crippen LogP contribution in [0.25, 0.3) is 0 Å². The van der Waals surface area contributed by atoms with Crippen molar-refractivity contribution >= 4 is 17.8 Å². The fourth-order valence-electron chi connectivity index (χ4n) is 6.00. The quantitative estimate of drug-likeness (QED) is 0.235. The molecule has 0 saturated carbocycles. The summed E-state index contributed by atoms with van der Waals surface area (Å²) in [5.41, 5.74) is -1.90. The lowest BCUT2D eigenvalue weighted by Crippen LogP contribution is -2.56. The lowest BCUT2D eigenvalue weighted by molar-refractivity contribution is -0.160. The van der Waals surface area contributed by atoms with Crippen LogP contribution < -0.4 is 0 Å². The summed E-state index contributed by atoms with van der Waals surface area (Å²) in [5, 5.41) is 9.44. The molecule has 1 N–H and O–H groups in total. The topological polar surface area (TPSA) is 96.4 Å².